The second-order valence-corrected chi connectivity index (χ2v) is 8.26. The molecule has 0 atom stereocenters. The van der Waals surface area contributed by atoms with Crippen molar-refractivity contribution in [3.63, 3.8) is 0 Å². The highest BCUT2D eigenvalue weighted by atomic mass is 32.1. The lowest BCUT2D eigenvalue weighted by molar-refractivity contribution is -0.385. The molecule has 0 aliphatic carbocycles. The first-order valence-electron chi connectivity index (χ1n) is 10.3. The number of nitrogens with zero attached hydrogens (tertiary/aromatic N) is 5. The van der Waals surface area contributed by atoms with Crippen LogP contribution >= 0.6 is 11.3 Å². The molecule has 0 spiro atoms. The van der Waals surface area contributed by atoms with Gasteiger partial charge in [0.2, 0.25) is 5.13 Å². The molecule has 0 N–H and O–H groups in total. The minimum absolute atomic E-state index is 0.0577. The summed E-state index contributed by atoms with van der Waals surface area (Å²) in [6, 6.07) is 16.8. The molecule has 0 radical (unpaired) electrons. The third-order valence-electron chi connectivity index (χ3n) is 4.92. The predicted molar refractivity (Wildman–Crippen MR) is 136 cm³/mol. The number of carbonyl (C=O) groups excluding carboxylic acids is 1. The number of benzene rings is 3. The van der Waals surface area contributed by atoms with Gasteiger partial charge < -0.3 is 4.74 Å². The number of nitro groups is 2. The maximum absolute atomic E-state index is 13.1. The van der Waals surface area contributed by atoms with Gasteiger partial charge in [-0.3, -0.25) is 25.0 Å². The van der Waals surface area contributed by atoms with E-state index in [0.29, 0.717) is 27.5 Å². The molecule has 3 aromatic carbocycles. The van der Waals surface area contributed by atoms with Crippen LogP contribution in [0.3, 0.4) is 0 Å². The van der Waals surface area contributed by atoms with E-state index in [1.807, 2.05) is 0 Å². The number of nitro benzene ring substituents is 2. The molecule has 0 aliphatic rings. The van der Waals surface area contributed by atoms with Gasteiger partial charge in [-0.2, -0.15) is 10.1 Å². The van der Waals surface area contributed by atoms with Crippen LogP contribution in [0.25, 0.3) is 16.3 Å². The molecule has 0 fully saturated rings. The van der Waals surface area contributed by atoms with Crippen LogP contribution in [0.4, 0.5) is 16.5 Å². The molecule has 180 valence electrons. The number of hydrazone groups is 1. The second kappa shape index (κ2) is 10.5. The summed E-state index contributed by atoms with van der Waals surface area (Å²) in [5.41, 5.74) is 1.66. The number of carbonyl (C=O) groups is 1. The molecule has 36 heavy (non-hydrogen) atoms. The summed E-state index contributed by atoms with van der Waals surface area (Å²) in [7, 11) is 1.55. The SMILES string of the molecule is COc1ccc2nc(N(/N=C/c3ccc([N+](=O)[O-])cc3)C(=O)/C=C/c3ccc([N+](=O)[O-])cc3)sc2c1. The molecular formula is C24H17N5O6S. The first-order valence-corrected chi connectivity index (χ1v) is 11.2. The molecule has 4 aromatic rings. The van der Waals surface area contributed by atoms with E-state index in [4.69, 9.17) is 4.74 Å². The Morgan fingerprint density at radius 3 is 2.17 bits per heavy atom. The van der Waals surface area contributed by atoms with Gasteiger partial charge >= 0.3 is 0 Å². The lowest BCUT2D eigenvalue weighted by Gasteiger charge is -2.11. The molecule has 0 aliphatic heterocycles. The molecule has 0 unspecified atom stereocenters. The van der Waals surface area contributed by atoms with Crippen molar-refractivity contribution in [3.05, 3.63) is 104 Å². The van der Waals surface area contributed by atoms with E-state index in [2.05, 4.69) is 10.1 Å². The fourth-order valence-electron chi connectivity index (χ4n) is 3.06. The van der Waals surface area contributed by atoms with E-state index >= 15 is 0 Å². The molecule has 0 saturated carbocycles. The normalized spacial score (nSPS) is 11.2. The van der Waals surface area contributed by atoms with Crippen molar-refractivity contribution in [2.45, 2.75) is 0 Å². The minimum Gasteiger partial charge on any atom is -0.497 e. The lowest BCUT2D eigenvalue weighted by atomic mass is 10.2. The molecule has 0 saturated heterocycles. The smallest absolute Gasteiger partial charge is 0.273 e. The Morgan fingerprint density at radius 1 is 0.972 bits per heavy atom. The van der Waals surface area contributed by atoms with E-state index in [1.54, 1.807) is 25.3 Å². The van der Waals surface area contributed by atoms with Gasteiger partial charge in [0.25, 0.3) is 17.3 Å². The third-order valence-corrected chi connectivity index (χ3v) is 5.92. The summed E-state index contributed by atoms with van der Waals surface area (Å²) in [5, 5.41) is 27.4. The van der Waals surface area contributed by atoms with E-state index in [-0.39, 0.29) is 11.4 Å². The van der Waals surface area contributed by atoms with Gasteiger partial charge in [-0.05, 0) is 59.7 Å². The Hall–Kier alpha value is -4.97. The highest BCUT2D eigenvalue weighted by molar-refractivity contribution is 7.22. The number of anilines is 1. The Bertz CT molecular complexity index is 1500. The van der Waals surface area contributed by atoms with Crippen LogP contribution in [-0.4, -0.2) is 34.1 Å². The van der Waals surface area contributed by atoms with E-state index in [0.717, 1.165) is 9.71 Å². The van der Waals surface area contributed by atoms with Crippen molar-refractivity contribution in [2.75, 3.05) is 12.1 Å². The van der Waals surface area contributed by atoms with Gasteiger partial charge in [-0.1, -0.05) is 11.3 Å². The summed E-state index contributed by atoms with van der Waals surface area (Å²) in [6.07, 6.45) is 4.19. The van der Waals surface area contributed by atoms with Crippen LogP contribution < -0.4 is 9.75 Å². The fourth-order valence-corrected chi connectivity index (χ4v) is 4.02. The summed E-state index contributed by atoms with van der Waals surface area (Å²) >= 11 is 1.23. The van der Waals surface area contributed by atoms with Gasteiger partial charge in [0.05, 0.1) is 33.4 Å². The monoisotopic (exact) mass is 503 g/mol. The van der Waals surface area contributed by atoms with Crippen molar-refractivity contribution >= 4 is 56.3 Å². The number of rotatable bonds is 8. The molecule has 1 aromatic heterocycles. The van der Waals surface area contributed by atoms with Crippen LogP contribution in [-0.2, 0) is 4.79 Å². The number of amides is 1. The Labute approximate surface area is 207 Å². The molecule has 1 amide bonds. The maximum Gasteiger partial charge on any atom is 0.273 e. The first kappa shape index (κ1) is 24.2. The van der Waals surface area contributed by atoms with E-state index in [9.17, 15) is 25.0 Å². The first-order chi connectivity index (χ1) is 17.3. The summed E-state index contributed by atoms with van der Waals surface area (Å²) in [6.45, 7) is 0. The van der Waals surface area contributed by atoms with Crippen molar-refractivity contribution in [2.24, 2.45) is 5.10 Å². The number of ether oxygens (including phenoxy) is 1. The van der Waals surface area contributed by atoms with Crippen molar-refractivity contribution in [1.29, 1.82) is 0 Å². The Kier molecular flexibility index (Phi) is 7.07. The molecule has 4 rings (SSSR count). The second-order valence-electron chi connectivity index (χ2n) is 7.26. The van der Waals surface area contributed by atoms with Crippen molar-refractivity contribution in [3.8, 4) is 5.75 Å². The average molecular weight is 503 g/mol. The highest BCUT2D eigenvalue weighted by Crippen LogP contribution is 2.32. The van der Waals surface area contributed by atoms with E-state index in [1.165, 1.54) is 78.2 Å². The summed E-state index contributed by atoms with van der Waals surface area (Å²) < 4.78 is 6.03. The van der Waals surface area contributed by atoms with Gasteiger partial charge in [-0.15, -0.1) is 0 Å². The quantitative estimate of drug-likeness (QED) is 0.139. The van der Waals surface area contributed by atoms with Crippen LogP contribution in [0.2, 0.25) is 0 Å². The standard InChI is InChI=1S/C24H17N5O6S/c1-35-20-11-12-21-22(14-20)36-24(26-21)27(25-15-17-4-9-19(10-5-17)29(33)34)23(30)13-6-16-2-7-18(8-3-16)28(31)32/h2-15H,1H3/b13-6+,25-15+. The van der Waals surface area contributed by atoms with Gasteiger partial charge in [0, 0.05) is 30.3 Å². The summed E-state index contributed by atoms with van der Waals surface area (Å²) in [4.78, 5) is 38.3. The van der Waals surface area contributed by atoms with Crippen LogP contribution in [0.1, 0.15) is 11.1 Å². The zero-order valence-corrected chi connectivity index (χ0v) is 19.5. The van der Waals surface area contributed by atoms with E-state index < -0.39 is 15.8 Å². The van der Waals surface area contributed by atoms with Gasteiger partial charge in [0.1, 0.15) is 5.75 Å². The molecule has 0 bridgehead atoms. The maximum atomic E-state index is 13.1. The fraction of sp³-hybridized carbons (Fsp3) is 0.0417. The number of thiazole rings is 1. The van der Waals surface area contributed by atoms with Crippen LogP contribution in [0.15, 0.2) is 77.9 Å². The van der Waals surface area contributed by atoms with Crippen LogP contribution in [0.5, 0.6) is 5.75 Å². The number of fused-ring (bicyclic) bond motifs is 1. The molecular weight excluding hydrogens is 486 g/mol. The minimum atomic E-state index is -0.516. The number of non-ortho nitro benzene ring substituents is 2. The Balaban J connectivity index is 1.65. The lowest BCUT2D eigenvalue weighted by Crippen LogP contribution is -2.23. The number of hydrogen-bond donors (Lipinski definition) is 0. The van der Waals surface area contributed by atoms with Gasteiger partial charge in [-0.25, -0.2) is 4.98 Å². The average Bonchev–Trinajstić information content (AvgIpc) is 3.31. The molecule has 11 nitrogen and oxygen atoms in total. The molecule has 12 heteroatoms. The van der Waals surface area contributed by atoms with Gasteiger partial charge in [0.15, 0.2) is 0 Å². The topological polar surface area (TPSA) is 141 Å². The zero-order valence-electron chi connectivity index (χ0n) is 18.7. The molecule has 1 heterocycles. The largest absolute Gasteiger partial charge is 0.497 e. The third kappa shape index (κ3) is 5.56. The Morgan fingerprint density at radius 2 is 1.58 bits per heavy atom. The number of aromatic nitrogens is 1. The number of methoxy groups -OCH3 is 1. The summed E-state index contributed by atoms with van der Waals surface area (Å²) in [5.74, 6) is 0.126. The highest BCUT2D eigenvalue weighted by Gasteiger charge is 2.18. The number of hydrogen-bond acceptors (Lipinski definition) is 9. The predicted octanol–water partition coefficient (Wildman–Crippen LogP) is 5.20. The van der Waals surface area contributed by atoms with Crippen molar-refractivity contribution in [1.82, 2.24) is 4.98 Å². The van der Waals surface area contributed by atoms with Crippen molar-refractivity contribution < 1.29 is 19.4 Å². The zero-order chi connectivity index (χ0) is 25.7. The van der Waals surface area contributed by atoms with Crippen LogP contribution in [0, 0.1) is 20.2 Å².